The van der Waals surface area contributed by atoms with Crippen LogP contribution in [0.5, 0.6) is 0 Å². The molecule has 1 fully saturated rings. The number of fused-ring (bicyclic) bond motifs is 1. The highest BCUT2D eigenvalue weighted by molar-refractivity contribution is 7.99. The number of aromatic nitrogens is 3. The number of nitrogens with two attached hydrogens (primary N) is 1. The third-order valence-corrected chi connectivity index (χ3v) is 4.98. The van der Waals surface area contributed by atoms with Crippen LogP contribution >= 0.6 is 11.8 Å². The van der Waals surface area contributed by atoms with Crippen LogP contribution in [-0.2, 0) is 0 Å². The van der Waals surface area contributed by atoms with E-state index < -0.39 is 0 Å². The van der Waals surface area contributed by atoms with Gasteiger partial charge in [0.15, 0.2) is 0 Å². The molecule has 21 heavy (non-hydrogen) atoms. The predicted molar refractivity (Wildman–Crippen MR) is 83.1 cm³/mol. The summed E-state index contributed by atoms with van der Waals surface area (Å²) in [6, 6.07) is 10.1. The third-order valence-electron chi connectivity index (χ3n) is 3.77. The average Bonchev–Trinajstić information content (AvgIpc) is 3.15. The fourth-order valence-corrected chi connectivity index (χ4v) is 3.89. The number of nitrogens with zero attached hydrogens (tertiary/aromatic N) is 3. The molecule has 0 amide bonds. The van der Waals surface area contributed by atoms with Crippen LogP contribution in [-0.4, -0.2) is 32.7 Å². The first kappa shape index (κ1) is 12.8. The molecule has 2 N–H and O–H groups in total. The van der Waals surface area contributed by atoms with Gasteiger partial charge >= 0.3 is 0 Å². The molecule has 1 aromatic carbocycles. The summed E-state index contributed by atoms with van der Waals surface area (Å²) in [5.74, 6) is 3.18. The van der Waals surface area contributed by atoms with E-state index in [4.69, 9.17) is 10.3 Å². The summed E-state index contributed by atoms with van der Waals surface area (Å²) in [4.78, 5) is 8.94. The highest BCUT2D eigenvalue weighted by atomic mass is 32.2. The first-order valence-corrected chi connectivity index (χ1v) is 7.99. The molecule has 3 aromatic rings. The predicted octanol–water partition coefficient (Wildman–Crippen LogP) is 2.44. The minimum atomic E-state index is 0.0868. The van der Waals surface area contributed by atoms with Crippen LogP contribution in [0.25, 0.3) is 22.3 Å². The number of rotatable bonds is 2. The maximum Gasteiger partial charge on any atom is 0.232 e. The fourth-order valence-electron chi connectivity index (χ4n) is 2.61. The van der Waals surface area contributed by atoms with Gasteiger partial charge in [-0.2, -0.15) is 16.7 Å². The molecule has 0 bridgehead atoms. The quantitative estimate of drug-likeness (QED) is 0.783. The third kappa shape index (κ3) is 2.20. The van der Waals surface area contributed by atoms with Crippen molar-refractivity contribution >= 4 is 22.5 Å². The highest BCUT2D eigenvalue weighted by Gasteiger charge is 2.31. The van der Waals surface area contributed by atoms with E-state index in [-0.39, 0.29) is 12.0 Å². The van der Waals surface area contributed by atoms with Gasteiger partial charge in [0, 0.05) is 29.1 Å². The van der Waals surface area contributed by atoms with Crippen LogP contribution in [0.2, 0.25) is 0 Å². The molecule has 106 valence electrons. The molecule has 0 saturated carbocycles. The van der Waals surface area contributed by atoms with Gasteiger partial charge in [0.05, 0.1) is 5.92 Å². The Morgan fingerprint density at radius 2 is 2.10 bits per heavy atom. The summed E-state index contributed by atoms with van der Waals surface area (Å²) in [6.45, 7) is 0. The van der Waals surface area contributed by atoms with Crippen LogP contribution in [0.1, 0.15) is 11.8 Å². The molecule has 5 nitrogen and oxygen atoms in total. The number of thioether (sulfide) groups is 1. The smallest absolute Gasteiger partial charge is 0.232 e. The Balaban J connectivity index is 1.78. The normalized spacial score (nSPS) is 22.0. The Morgan fingerprint density at radius 3 is 2.95 bits per heavy atom. The molecule has 0 radical (unpaired) electrons. The van der Waals surface area contributed by atoms with E-state index in [1.807, 2.05) is 42.1 Å². The number of benzene rings is 1. The Morgan fingerprint density at radius 1 is 1.19 bits per heavy atom. The summed E-state index contributed by atoms with van der Waals surface area (Å²) >= 11 is 1.82. The minimum absolute atomic E-state index is 0.0868. The van der Waals surface area contributed by atoms with Gasteiger partial charge in [0.1, 0.15) is 5.69 Å². The summed E-state index contributed by atoms with van der Waals surface area (Å²) < 4.78 is 5.43. The van der Waals surface area contributed by atoms with E-state index in [1.54, 1.807) is 6.20 Å². The second kappa shape index (κ2) is 5.13. The molecular weight excluding hydrogens is 284 g/mol. The van der Waals surface area contributed by atoms with Crippen molar-refractivity contribution in [2.24, 2.45) is 5.73 Å². The van der Waals surface area contributed by atoms with Gasteiger partial charge in [0.2, 0.25) is 11.7 Å². The molecule has 1 aliphatic rings. The molecule has 0 spiro atoms. The van der Waals surface area contributed by atoms with E-state index >= 15 is 0 Å². The number of pyridine rings is 1. The second-order valence-electron chi connectivity index (χ2n) is 5.14. The maximum absolute atomic E-state index is 6.09. The van der Waals surface area contributed by atoms with Gasteiger partial charge in [-0.05, 0) is 11.5 Å². The second-order valence-corrected chi connectivity index (χ2v) is 6.22. The van der Waals surface area contributed by atoms with Crippen molar-refractivity contribution in [3.8, 4) is 11.5 Å². The average molecular weight is 298 g/mol. The van der Waals surface area contributed by atoms with Gasteiger partial charge in [-0.1, -0.05) is 29.4 Å². The molecule has 2 aromatic heterocycles. The first-order valence-electron chi connectivity index (χ1n) is 6.84. The van der Waals surface area contributed by atoms with E-state index in [0.29, 0.717) is 11.7 Å². The maximum atomic E-state index is 6.09. The zero-order chi connectivity index (χ0) is 14.2. The van der Waals surface area contributed by atoms with Gasteiger partial charge < -0.3 is 10.3 Å². The summed E-state index contributed by atoms with van der Waals surface area (Å²) in [5.41, 5.74) is 6.84. The molecule has 2 unspecified atom stereocenters. The Kier molecular flexibility index (Phi) is 3.12. The van der Waals surface area contributed by atoms with Crippen LogP contribution in [0.3, 0.4) is 0 Å². The van der Waals surface area contributed by atoms with Gasteiger partial charge in [-0.3, -0.25) is 4.98 Å². The van der Waals surface area contributed by atoms with Crippen molar-refractivity contribution in [3.63, 3.8) is 0 Å². The molecular formula is C15H14N4OS. The Hall–Kier alpha value is -1.92. The molecule has 0 aliphatic carbocycles. The molecule has 6 heteroatoms. The SMILES string of the molecule is NC1CSCC1c1nc(-c2nccc3ccccc23)no1. The number of hydrogen-bond acceptors (Lipinski definition) is 6. The van der Waals surface area contributed by atoms with E-state index in [1.165, 1.54) is 0 Å². The van der Waals surface area contributed by atoms with E-state index in [9.17, 15) is 0 Å². The van der Waals surface area contributed by atoms with Crippen molar-refractivity contribution < 1.29 is 4.52 Å². The minimum Gasteiger partial charge on any atom is -0.339 e. The fraction of sp³-hybridized carbons (Fsp3) is 0.267. The zero-order valence-corrected chi connectivity index (χ0v) is 12.1. The van der Waals surface area contributed by atoms with Crippen molar-refractivity contribution in [1.29, 1.82) is 0 Å². The van der Waals surface area contributed by atoms with E-state index in [0.717, 1.165) is 28.0 Å². The number of hydrogen-bond donors (Lipinski definition) is 1. The topological polar surface area (TPSA) is 77.8 Å². The van der Waals surface area contributed by atoms with Gasteiger partial charge in [-0.25, -0.2) is 0 Å². The first-order chi connectivity index (χ1) is 10.3. The monoisotopic (exact) mass is 298 g/mol. The zero-order valence-electron chi connectivity index (χ0n) is 11.3. The largest absolute Gasteiger partial charge is 0.339 e. The van der Waals surface area contributed by atoms with Crippen LogP contribution in [0, 0.1) is 0 Å². The summed E-state index contributed by atoms with van der Waals surface area (Å²) in [5, 5.41) is 6.24. The molecule has 1 saturated heterocycles. The lowest BCUT2D eigenvalue weighted by Gasteiger charge is -2.07. The standard InChI is InChI=1S/C15H14N4OS/c16-12-8-21-7-11(12)15-18-14(19-20-15)13-10-4-2-1-3-9(10)5-6-17-13/h1-6,11-12H,7-8,16H2. The van der Waals surface area contributed by atoms with Crippen LogP contribution < -0.4 is 5.73 Å². The van der Waals surface area contributed by atoms with Crippen molar-refractivity contribution in [3.05, 3.63) is 42.4 Å². The van der Waals surface area contributed by atoms with Gasteiger partial charge in [0.25, 0.3) is 0 Å². The Labute approximate surface area is 125 Å². The lowest BCUT2D eigenvalue weighted by Crippen LogP contribution is -2.26. The van der Waals surface area contributed by atoms with Crippen LogP contribution in [0.15, 0.2) is 41.1 Å². The van der Waals surface area contributed by atoms with Crippen molar-refractivity contribution in [2.75, 3.05) is 11.5 Å². The molecule has 2 atom stereocenters. The highest BCUT2D eigenvalue weighted by Crippen LogP contribution is 2.32. The Bertz CT molecular complexity index is 783. The van der Waals surface area contributed by atoms with E-state index in [2.05, 4.69) is 15.1 Å². The lowest BCUT2D eigenvalue weighted by molar-refractivity contribution is 0.352. The summed E-state index contributed by atoms with van der Waals surface area (Å²) in [6.07, 6.45) is 1.77. The molecule has 4 rings (SSSR count). The summed E-state index contributed by atoms with van der Waals surface area (Å²) in [7, 11) is 0. The molecule has 1 aliphatic heterocycles. The van der Waals surface area contributed by atoms with Gasteiger partial charge in [-0.15, -0.1) is 0 Å². The lowest BCUT2D eigenvalue weighted by atomic mass is 10.1. The molecule has 3 heterocycles. The van der Waals surface area contributed by atoms with Crippen LogP contribution in [0.4, 0.5) is 0 Å². The van der Waals surface area contributed by atoms with Crippen molar-refractivity contribution in [2.45, 2.75) is 12.0 Å². The van der Waals surface area contributed by atoms with Crippen molar-refractivity contribution in [1.82, 2.24) is 15.1 Å².